The predicted octanol–water partition coefficient (Wildman–Crippen LogP) is 7.63. The number of nitrogens with zero attached hydrogens (tertiary/aromatic N) is 2. The quantitative estimate of drug-likeness (QED) is 0.0892. The van der Waals surface area contributed by atoms with Crippen molar-refractivity contribution in [2.75, 3.05) is 39.9 Å². The second-order valence-electron chi connectivity index (χ2n) is 16.0. The molecule has 4 rings (SSSR count). The summed E-state index contributed by atoms with van der Waals surface area (Å²) in [6.45, 7) is 20.4. The van der Waals surface area contributed by atoms with Crippen molar-refractivity contribution in [3.63, 3.8) is 0 Å². The molecule has 1 aliphatic rings. The van der Waals surface area contributed by atoms with E-state index in [0.717, 1.165) is 12.1 Å². The van der Waals surface area contributed by atoms with Crippen molar-refractivity contribution < 1.29 is 41.3 Å². The van der Waals surface area contributed by atoms with Crippen molar-refractivity contribution in [2.45, 2.75) is 94.8 Å². The molecule has 14 heteroatoms. The number of carbonyl (C=O) groups excluding carboxylic acids is 1. The van der Waals surface area contributed by atoms with Crippen LogP contribution in [0.2, 0.25) is 51.4 Å². The Kier molecular flexibility index (Phi) is 12.7. The Labute approximate surface area is 292 Å². The molecule has 2 atom stereocenters. The molecule has 1 fully saturated rings. The van der Waals surface area contributed by atoms with E-state index in [4.69, 9.17) is 23.7 Å². The zero-order valence-electron chi connectivity index (χ0n) is 30.4. The maximum absolute atomic E-state index is 14.2. The lowest BCUT2D eigenvalue weighted by Crippen LogP contribution is -2.32. The number of ether oxygens (including phenoxy) is 5. The number of aromatic nitrogens is 1. The predicted molar refractivity (Wildman–Crippen MR) is 195 cm³/mol. The van der Waals surface area contributed by atoms with E-state index < -0.39 is 55.9 Å². The number of carbonyl (C=O) groups is 1. The van der Waals surface area contributed by atoms with Crippen LogP contribution >= 0.6 is 0 Å². The highest BCUT2D eigenvalue weighted by Gasteiger charge is 2.41. The molecule has 2 aromatic carbocycles. The Balaban J connectivity index is 1.50. The van der Waals surface area contributed by atoms with Gasteiger partial charge in [0.05, 0.1) is 10.4 Å². The van der Waals surface area contributed by atoms with Crippen LogP contribution < -0.4 is 0 Å². The van der Waals surface area contributed by atoms with Crippen LogP contribution in [0.4, 0.5) is 9.18 Å². The summed E-state index contributed by atoms with van der Waals surface area (Å²) in [6, 6.07) is 12.6. The van der Waals surface area contributed by atoms with Crippen LogP contribution in [-0.4, -0.2) is 97.2 Å². The topological polar surface area (TPSA) is 106 Å². The monoisotopic (exact) mass is 736 g/mol. The third-order valence-electron chi connectivity index (χ3n) is 8.07. The fraction of sp³-hybridized carbons (Fsp3) is 0.571. The Hall–Kier alpha value is -2.44. The van der Waals surface area contributed by atoms with Gasteiger partial charge in [-0.05, 0) is 68.8 Å². The van der Waals surface area contributed by atoms with Gasteiger partial charge in [-0.2, -0.15) is 4.31 Å². The summed E-state index contributed by atoms with van der Waals surface area (Å²) in [6.07, 6.45) is -0.107. The first kappa shape index (κ1) is 39.4. The van der Waals surface area contributed by atoms with Crippen LogP contribution in [0.3, 0.4) is 0 Å². The van der Waals surface area contributed by atoms with E-state index in [1.54, 1.807) is 45.2 Å². The van der Waals surface area contributed by atoms with Crippen LogP contribution in [0, 0.1) is 5.82 Å². The van der Waals surface area contributed by atoms with Crippen molar-refractivity contribution in [2.24, 2.45) is 0 Å². The molecule has 0 N–H and O–H groups in total. The smallest absolute Gasteiger partial charge is 0.419 e. The molecule has 0 spiro atoms. The minimum Gasteiger partial charge on any atom is -0.443 e. The van der Waals surface area contributed by atoms with Gasteiger partial charge in [-0.1, -0.05) is 51.4 Å². The zero-order chi connectivity index (χ0) is 36.2. The highest BCUT2D eigenvalue weighted by molar-refractivity contribution is 7.89. The average Bonchev–Trinajstić information content (AvgIpc) is 3.57. The van der Waals surface area contributed by atoms with E-state index in [1.807, 2.05) is 0 Å². The third-order valence-corrected chi connectivity index (χ3v) is 13.3. The molecule has 3 aromatic rings. The fourth-order valence-corrected chi connectivity index (χ4v) is 8.20. The standard InChI is InChI=1S/C35H53FN2O8SSi2/c1-35(2,3)46-34(39)38-21-30(29-15-12-27(36)20-31(29)38)26-10-13-28(14-11-26)47(40,41)37-22-32(44-24-42-16-18-48(4,5)6)33(23-37)45-25-43-17-19-49(7,8)9/h10-15,20-21,32-33H,16-19,22-25H2,1-9H3. The van der Waals surface area contributed by atoms with E-state index in [2.05, 4.69) is 39.3 Å². The van der Waals surface area contributed by atoms with Gasteiger partial charge >= 0.3 is 6.09 Å². The Morgan fingerprint density at radius 1 is 0.857 bits per heavy atom. The first-order valence-corrected chi connectivity index (χ1v) is 25.6. The number of benzene rings is 2. The van der Waals surface area contributed by atoms with E-state index >= 15 is 0 Å². The van der Waals surface area contributed by atoms with Gasteiger partial charge in [0.25, 0.3) is 0 Å². The molecular formula is C35H53FN2O8SSi2. The highest BCUT2D eigenvalue weighted by Crippen LogP contribution is 2.33. The normalized spacial score (nSPS) is 18.0. The maximum Gasteiger partial charge on any atom is 0.419 e. The van der Waals surface area contributed by atoms with Crippen molar-refractivity contribution in [1.29, 1.82) is 0 Å². The third kappa shape index (κ3) is 11.3. The maximum atomic E-state index is 14.2. The summed E-state index contributed by atoms with van der Waals surface area (Å²) in [5.41, 5.74) is 0.898. The lowest BCUT2D eigenvalue weighted by molar-refractivity contribution is -0.149. The van der Waals surface area contributed by atoms with Crippen molar-refractivity contribution in [1.82, 2.24) is 8.87 Å². The second kappa shape index (κ2) is 15.8. The summed E-state index contributed by atoms with van der Waals surface area (Å²) in [5, 5.41) is 0.626. The second-order valence-corrected chi connectivity index (χ2v) is 29.2. The van der Waals surface area contributed by atoms with Gasteiger partial charge in [-0.15, -0.1) is 0 Å². The van der Waals surface area contributed by atoms with Gasteiger partial charge in [0.15, 0.2) is 0 Å². The number of hydrogen-bond donors (Lipinski definition) is 0. The molecule has 272 valence electrons. The minimum absolute atomic E-state index is 0.0505. The molecule has 10 nitrogen and oxygen atoms in total. The van der Waals surface area contributed by atoms with Crippen molar-refractivity contribution in [3.8, 4) is 11.1 Å². The SMILES string of the molecule is CC(C)(C)OC(=O)n1cc(-c2ccc(S(=O)(=O)N3CC(OCOCC[Si](C)(C)C)C(OCOCC[Si](C)(C)C)C3)cc2)c2ccc(F)cc21. The largest absolute Gasteiger partial charge is 0.443 e. The molecule has 1 saturated heterocycles. The number of fused-ring (bicyclic) bond motifs is 1. The first-order valence-electron chi connectivity index (χ1n) is 16.8. The Bertz CT molecular complexity index is 1650. The van der Waals surface area contributed by atoms with E-state index in [-0.39, 0.29) is 31.6 Å². The fourth-order valence-electron chi connectivity index (χ4n) is 5.22. The minimum atomic E-state index is -3.92. The summed E-state index contributed by atoms with van der Waals surface area (Å²) < 4.78 is 73.7. The van der Waals surface area contributed by atoms with Crippen LogP contribution in [0.15, 0.2) is 53.6 Å². The van der Waals surface area contributed by atoms with Gasteiger partial charge in [0.1, 0.15) is 37.2 Å². The Morgan fingerprint density at radius 3 is 1.88 bits per heavy atom. The summed E-state index contributed by atoms with van der Waals surface area (Å²) in [4.78, 5) is 13.1. The van der Waals surface area contributed by atoms with Gasteiger partial charge < -0.3 is 23.7 Å². The number of sulfonamides is 1. The molecule has 0 bridgehead atoms. The summed E-state index contributed by atoms with van der Waals surface area (Å²) in [7, 11) is -6.44. The number of hydrogen-bond acceptors (Lipinski definition) is 8. The molecule has 49 heavy (non-hydrogen) atoms. The number of halogens is 1. The molecule has 0 radical (unpaired) electrons. The van der Waals surface area contributed by atoms with E-state index in [9.17, 15) is 17.6 Å². The van der Waals surface area contributed by atoms with Gasteiger partial charge in [0, 0.05) is 59.6 Å². The Morgan fingerprint density at radius 2 is 1.39 bits per heavy atom. The van der Waals surface area contributed by atoms with Gasteiger partial charge in [-0.25, -0.2) is 17.6 Å². The van der Waals surface area contributed by atoms with Crippen LogP contribution in [-0.2, 0) is 33.7 Å². The molecule has 1 aliphatic heterocycles. The highest BCUT2D eigenvalue weighted by atomic mass is 32.2. The van der Waals surface area contributed by atoms with Crippen LogP contribution in [0.5, 0.6) is 0 Å². The molecule has 2 unspecified atom stereocenters. The first-order chi connectivity index (χ1) is 22.7. The van der Waals surface area contributed by atoms with Crippen LogP contribution in [0.25, 0.3) is 22.0 Å². The molecule has 0 amide bonds. The number of rotatable bonds is 15. The summed E-state index contributed by atoms with van der Waals surface area (Å²) in [5.74, 6) is -0.491. The van der Waals surface area contributed by atoms with Crippen molar-refractivity contribution >= 4 is 43.2 Å². The van der Waals surface area contributed by atoms with E-state index in [1.165, 1.54) is 33.1 Å². The summed E-state index contributed by atoms with van der Waals surface area (Å²) >= 11 is 0. The van der Waals surface area contributed by atoms with Gasteiger partial charge in [-0.3, -0.25) is 4.57 Å². The molecule has 1 aromatic heterocycles. The van der Waals surface area contributed by atoms with Crippen LogP contribution in [0.1, 0.15) is 20.8 Å². The molecular weight excluding hydrogens is 684 g/mol. The zero-order valence-corrected chi connectivity index (χ0v) is 33.2. The van der Waals surface area contributed by atoms with Gasteiger partial charge in [0.2, 0.25) is 10.0 Å². The molecule has 0 saturated carbocycles. The lowest BCUT2D eigenvalue weighted by atomic mass is 10.1. The van der Waals surface area contributed by atoms with Crippen molar-refractivity contribution in [3.05, 3.63) is 54.5 Å². The molecule has 0 aliphatic carbocycles. The average molecular weight is 737 g/mol. The molecule has 2 heterocycles. The lowest BCUT2D eigenvalue weighted by Gasteiger charge is -2.21. The van der Waals surface area contributed by atoms with E-state index in [0.29, 0.717) is 35.2 Å².